The molecular formula is C30H33FN4O2. The summed E-state index contributed by atoms with van der Waals surface area (Å²) < 4.78 is 15.2. The number of amides is 1. The van der Waals surface area contributed by atoms with Gasteiger partial charge in [-0.1, -0.05) is 38.5 Å². The van der Waals surface area contributed by atoms with Crippen LogP contribution in [0.2, 0.25) is 0 Å². The summed E-state index contributed by atoms with van der Waals surface area (Å²) in [4.78, 5) is 37.1. The highest BCUT2D eigenvalue weighted by atomic mass is 19.1. The highest BCUT2D eigenvalue weighted by Crippen LogP contribution is 2.28. The molecule has 1 atom stereocenters. The number of carbonyl (C=O) groups is 2. The minimum atomic E-state index is -0.441. The maximum atomic E-state index is 15.2. The second kappa shape index (κ2) is 11.5. The summed E-state index contributed by atoms with van der Waals surface area (Å²) in [5.74, 6) is 0.0439. The van der Waals surface area contributed by atoms with Crippen LogP contribution in [0.3, 0.4) is 0 Å². The number of likely N-dealkylation sites (tertiary alicyclic amines) is 1. The molecule has 2 aliphatic rings. The van der Waals surface area contributed by atoms with Crippen LogP contribution in [0.15, 0.2) is 71.8 Å². The molecule has 3 heterocycles. The van der Waals surface area contributed by atoms with Crippen LogP contribution in [0.4, 0.5) is 4.39 Å². The van der Waals surface area contributed by atoms with Crippen molar-refractivity contribution in [1.82, 2.24) is 14.8 Å². The first-order chi connectivity index (χ1) is 17.8. The molecule has 2 aliphatic heterocycles. The Kier molecular flexibility index (Phi) is 8.11. The summed E-state index contributed by atoms with van der Waals surface area (Å²) in [7, 11) is 1.89. The quantitative estimate of drug-likeness (QED) is 0.455. The molecule has 0 radical (unpaired) electrons. The third kappa shape index (κ3) is 5.77. The molecule has 7 heteroatoms. The van der Waals surface area contributed by atoms with E-state index in [0.717, 1.165) is 50.6 Å². The number of carbonyl (C=O) groups excluding carboxylic acids is 2. The lowest BCUT2D eigenvalue weighted by Crippen LogP contribution is -2.43. The first kappa shape index (κ1) is 26.2. The number of allylic oxidation sites excluding steroid dienone is 3. The van der Waals surface area contributed by atoms with E-state index in [9.17, 15) is 9.59 Å². The first-order valence-electron chi connectivity index (χ1n) is 12.8. The fourth-order valence-electron chi connectivity index (χ4n) is 4.75. The van der Waals surface area contributed by atoms with Crippen LogP contribution in [0.5, 0.6) is 0 Å². The highest BCUT2D eigenvalue weighted by Gasteiger charge is 2.28. The zero-order chi connectivity index (χ0) is 26.5. The number of aromatic nitrogens is 1. The van der Waals surface area contributed by atoms with Gasteiger partial charge >= 0.3 is 0 Å². The van der Waals surface area contributed by atoms with Gasteiger partial charge in [-0.25, -0.2) is 9.38 Å². The Hall–Kier alpha value is -3.87. The summed E-state index contributed by atoms with van der Waals surface area (Å²) in [5.41, 5.74) is 3.78. The van der Waals surface area contributed by atoms with E-state index < -0.39 is 5.82 Å². The predicted molar refractivity (Wildman–Crippen MR) is 145 cm³/mol. The number of halogens is 1. The Morgan fingerprint density at radius 1 is 1.22 bits per heavy atom. The van der Waals surface area contributed by atoms with Crippen LogP contribution < -0.4 is 0 Å². The van der Waals surface area contributed by atoms with Crippen molar-refractivity contribution in [1.29, 1.82) is 0 Å². The smallest absolute Gasteiger partial charge is 0.272 e. The van der Waals surface area contributed by atoms with E-state index in [4.69, 9.17) is 4.99 Å². The lowest BCUT2D eigenvalue weighted by atomic mass is 10.0. The van der Waals surface area contributed by atoms with Crippen molar-refractivity contribution in [3.63, 3.8) is 0 Å². The van der Waals surface area contributed by atoms with Gasteiger partial charge in [0.05, 0.1) is 5.69 Å². The Bertz CT molecular complexity index is 1290. The molecular weight excluding hydrogens is 467 g/mol. The second-order valence-corrected chi connectivity index (χ2v) is 9.56. The van der Waals surface area contributed by atoms with Gasteiger partial charge in [-0.3, -0.25) is 14.6 Å². The monoisotopic (exact) mass is 500 g/mol. The zero-order valence-electron chi connectivity index (χ0n) is 21.7. The van der Waals surface area contributed by atoms with E-state index in [1.54, 1.807) is 30.3 Å². The number of nitrogens with zero attached hydrogens (tertiary/aromatic N) is 4. The van der Waals surface area contributed by atoms with E-state index in [1.807, 2.05) is 29.8 Å². The van der Waals surface area contributed by atoms with Gasteiger partial charge < -0.3 is 9.80 Å². The molecule has 6 nitrogen and oxygen atoms in total. The van der Waals surface area contributed by atoms with Gasteiger partial charge in [0.2, 0.25) is 0 Å². The van der Waals surface area contributed by atoms with E-state index in [1.165, 1.54) is 12.3 Å². The number of hydrogen-bond donors (Lipinski definition) is 0. The summed E-state index contributed by atoms with van der Waals surface area (Å²) in [5, 5.41) is 0. The van der Waals surface area contributed by atoms with Crippen molar-refractivity contribution < 1.29 is 14.0 Å². The van der Waals surface area contributed by atoms with Gasteiger partial charge in [0.15, 0.2) is 6.29 Å². The Morgan fingerprint density at radius 2 is 2.03 bits per heavy atom. The molecule has 0 N–H and O–H groups in total. The summed E-state index contributed by atoms with van der Waals surface area (Å²) in [6.07, 6.45) is 10.7. The number of aldehydes is 1. The maximum absolute atomic E-state index is 15.2. The molecule has 2 aromatic rings. The van der Waals surface area contributed by atoms with Crippen LogP contribution in [0.1, 0.15) is 61.9 Å². The molecule has 0 aliphatic carbocycles. The van der Waals surface area contributed by atoms with Crippen LogP contribution >= 0.6 is 0 Å². The first-order valence-corrected chi connectivity index (χ1v) is 12.8. The highest BCUT2D eigenvalue weighted by molar-refractivity contribution is 6.43. The minimum Gasteiger partial charge on any atom is -0.335 e. The van der Waals surface area contributed by atoms with Crippen LogP contribution in [0.25, 0.3) is 16.8 Å². The van der Waals surface area contributed by atoms with Gasteiger partial charge in [-0.05, 0) is 62.1 Å². The number of hydrogen-bond acceptors (Lipinski definition) is 5. The molecule has 1 fully saturated rings. The molecule has 1 aromatic carbocycles. The average molecular weight is 501 g/mol. The van der Waals surface area contributed by atoms with Crippen molar-refractivity contribution in [2.75, 3.05) is 13.6 Å². The Morgan fingerprint density at radius 3 is 2.70 bits per heavy atom. The van der Waals surface area contributed by atoms with Gasteiger partial charge in [0, 0.05) is 48.2 Å². The molecule has 1 saturated heterocycles. The van der Waals surface area contributed by atoms with Crippen molar-refractivity contribution in [2.45, 2.75) is 52.0 Å². The normalized spacial score (nSPS) is 19.2. The molecule has 1 aromatic heterocycles. The molecule has 0 saturated carbocycles. The predicted octanol–water partition coefficient (Wildman–Crippen LogP) is 6.03. The molecule has 192 valence electrons. The number of aliphatic imine (C=N–C) groups is 1. The average Bonchev–Trinajstić information content (AvgIpc) is 3.13. The number of benzene rings is 1. The molecule has 1 amide bonds. The van der Waals surface area contributed by atoms with Gasteiger partial charge in [-0.15, -0.1) is 0 Å². The zero-order valence-corrected chi connectivity index (χ0v) is 21.7. The standard InChI is InChI=1S/C30H33FN4O2/c1-5-24-17-28(30(37)35-14-8-6-7-9-21(35)3)33-29(34(24)4)15-20(2)25-12-11-23(16-26(25)31)27-13-10-22(19-36)18-32-27/h10-13,15-19,21H,2,5-9,14H2,1,3-4H3/b29-15-. The molecule has 0 spiro atoms. The minimum absolute atomic E-state index is 0.0615. The molecule has 0 bridgehead atoms. The number of pyridine rings is 1. The topological polar surface area (TPSA) is 65.9 Å². The summed E-state index contributed by atoms with van der Waals surface area (Å²) in [6, 6.07) is 8.34. The van der Waals surface area contributed by atoms with Crippen molar-refractivity contribution in [3.05, 3.63) is 83.7 Å². The molecule has 1 unspecified atom stereocenters. The van der Waals surface area contributed by atoms with Gasteiger partial charge in [0.25, 0.3) is 5.91 Å². The van der Waals surface area contributed by atoms with E-state index in [-0.39, 0.29) is 11.9 Å². The lowest BCUT2D eigenvalue weighted by molar-refractivity contribution is -0.125. The lowest BCUT2D eigenvalue weighted by Gasteiger charge is -2.31. The largest absolute Gasteiger partial charge is 0.335 e. The van der Waals surface area contributed by atoms with E-state index >= 15 is 4.39 Å². The van der Waals surface area contributed by atoms with Crippen LogP contribution in [0, 0.1) is 5.82 Å². The van der Waals surface area contributed by atoms with Crippen molar-refractivity contribution in [3.8, 4) is 11.3 Å². The fraction of sp³-hybridized carbons (Fsp3) is 0.333. The number of rotatable bonds is 6. The Balaban J connectivity index is 1.62. The van der Waals surface area contributed by atoms with E-state index in [2.05, 4.69) is 18.5 Å². The van der Waals surface area contributed by atoms with E-state index in [0.29, 0.717) is 39.5 Å². The molecule has 37 heavy (non-hydrogen) atoms. The van der Waals surface area contributed by atoms with Crippen molar-refractivity contribution >= 4 is 23.5 Å². The maximum Gasteiger partial charge on any atom is 0.272 e. The molecule has 4 rings (SSSR count). The fourth-order valence-corrected chi connectivity index (χ4v) is 4.75. The third-order valence-corrected chi connectivity index (χ3v) is 7.04. The van der Waals surface area contributed by atoms with Crippen LogP contribution in [-0.2, 0) is 4.79 Å². The van der Waals surface area contributed by atoms with Gasteiger partial charge in [0.1, 0.15) is 17.3 Å². The summed E-state index contributed by atoms with van der Waals surface area (Å²) in [6.45, 7) is 8.96. The Labute approximate surface area is 217 Å². The van der Waals surface area contributed by atoms with Gasteiger partial charge in [-0.2, -0.15) is 0 Å². The third-order valence-electron chi connectivity index (χ3n) is 7.04. The second-order valence-electron chi connectivity index (χ2n) is 9.56. The SMILES string of the molecule is C=C(/C=C1/N=C(C(=O)N2CCCCCC2C)C=C(CC)N1C)c1ccc(-c2ccc(C=O)cn2)cc1F. The van der Waals surface area contributed by atoms with Crippen molar-refractivity contribution in [2.24, 2.45) is 4.99 Å². The van der Waals surface area contributed by atoms with Crippen LogP contribution in [-0.4, -0.2) is 52.3 Å². The summed E-state index contributed by atoms with van der Waals surface area (Å²) >= 11 is 0.